The van der Waals surface area contributed by atoms with Gasteiger partial charge in [-0.05, 0) is 80.1 Å². The maximum atomic E-state index is 13.1. The highest BCUT2D eigenvalue weighted by Crippen LogP contribution is 2.31. The molecule has 29 heavy (non-hydrogen) atoms. The van der Waals surface area contributed by atoms with Crippen molar-refractivity contribution >= 4 is 5.91 Å². The van der Waals surface area contributed by atoms with E-state index in [1.54, 1.807) is 19.2 Å². The molecule has 2 aromatic carbocycles. The molecule has 2 unspecified atom stereocenters. The molecule has 0 spiro atoms. The number of carbonyl (C=O) groups is 1. The topological polar surface area (TPSA) is 32.8 Å². The van der Waals surface area contributed by atoms with E-state index in [2.05, 4.69) is 17.0 Å². The summed E-state index contributed by atoms with van der Waals surface area (Å²) in [4.78, 5) is 17.3. The lowest BCUT2D eigenvalue weighted by Gasteiger charge is -2.26. The zero-order valence-electron chi connectivity index (χ0n) is 17.0. The van der Waals surface area contributed by atoms with E-state index in [1.807, 2.05) is 17.0 Å². The second-order valence-corrected chi connectivity index (χ2v) is 8.13. The monoisotopic (exact) mass is 396 g/mol. The number of halogens is 1. The number of carbonyl (C=O) groups excluding carboxylic acids is 1. The number of amides is 1. The van der Waals surface area contributed by atoms with Crippen LogP contribution >= 0.6 is 0 Å². The average molecular weight is 397 g/mol. The lowest BCUT2D eigenvalue weighted by molar-refractivity contribution is -0.132. The smallest absolute Gasteiger partial charge is 0.240 e. The van der Waals surface area contributed by atoms with Crippen LogP contribution in [-0.2, 0) is 11.3 Å². The Balaban J connectivity index is 1.35. The highest BCUT2D eigenvalue weighted by Gasteiger charge is 2.36. The second kappa shape index (κ2) is 8.95. The Kier molecular flexibility index (Phi) is 6.14. The molecule has 0 saturated carbocycles. The molecule has 1 amide bonds. The van der Waals surface area contributed by atoms with Crippen LogP contribution in [0.1, 0.15) is 42.7 Å². The van der Waals surface area contributed by atoms with Crippen molar-refractivity contribution in [3.8, 4) is 5.75 Å². The summed E-state index contributed by atoms with van der Waals surface area (Å²) >= 11 is 0. The molecule has 0 aromatic heterocycles. The Morgan fingerprint density at radius 3 is 2.45 bits per heavy atom. The van der Waals surface area contributed by atoms with E-state index < -0.39 is 0 Å². The first-order valence-electron chi connectivity index (χ1n) is 10.6. The van der Waals surface area contributed by atoms with Gasteiger partial charge in [0.1, 0.15) is 11.6 Å². The van der Waals surface area contributed by atoms with Crippen molar-refractivity contribution < 1.29 is 13.9 Å². The molecular formula is C24H29FN2O2. The fourth-order valence-corrected chi connectivity index (χ4v) is 4.67. The van der Waals surface area contributed by atoms with Crippen LogP contribution in [0.2, 0.25) is 0 Å². The van der Waals surface area contributed by atoms with Gasteiger partial charge in [-0.2, -0.15) is 0 Å². The number of hydrogen-bond donors (Lipinski definition) is 0. The van der Waals surface area contributed by atoms with Crippen LogP contribution < -0.4 is 4.74 Å². The number of ether oxygens (including phenoxy) is 1. The summed E-state index contributed by atoms with van der Waals surface area (Å²) in [6.07, 6.45) is 4.22. The molecule has 2 aliphatic rings. The summed E-state index contributed by atoms with van der Waals surface area (Å²) < 4.78 is 18.4. The quantitative estimate of drug-likeness (QED) is 0.759. The van der Waals surface area contributed by atoms with E-state index >= 15 is 0 Å². The van der Waals surface area contributed by atoms with Gasteiger partial charge in [0, 0.05) is 13.1 Å². The Morgan fingerprint density at radius 1 is 0.966 bits per heavy atom. The number of rotatable bonds is 5. The number of benzene rings is 2. The van der Waals surface area contributed by atoms with Gasteiger partial charge in [-0.1, -0.05) is 24.3 Å². The van der Waals surface area contributed by atoms with Crippen LogP contribution in [0.3, 0.4) is 0 Å². The van der Waals surface area contributed by atoms with Crippen LogP contribution in [0.15, 0.2) is 48.5 Å². The van der Waals surface area contributed by atoms with E-state index in [0.717, 1.165) is 56.6 Å². The summed E-state index contributed by atoms with van der Waals surface area (Å²) in [5, 5.41) is 0. The van der Waals surface area contributed by atoms with Gasteiger partial charge in [0.2, 0.25) is 5.91 Å². The first kappa shape index (κ1) is 19.9. The number of likely N-dealkylation sites (tertiary alicyclic amines) is 2. The van der Waals surface area contributed by atoms with E-state index in [-0.39, 0.29) is 17.8 Å². The molecule has 5 heteroatoms. The van der Waals surface area contributed by atoms with Gasteiger partial charge in [0.05, 0.1) is 13.2 Å². The van der Waals surface area contributed by atoms with E-state index in [9.17, 15) is 9.18 Å². The van der Waals surface area contributed by atoms with Gasteiger partial charge in [0.15, 0.2) is 0 Å². The van der Waals surface area contributed by atoms with E-state index in [0.29, 0.717) is 12.5 Å². The third-order valence-corrected chi connectivity index (χ3v) is 6.35. The number of hydrogen-bond acceptors (Lipinski definition) is 3. The van der Waals surface area contributed by atoms with E-state index in [4.69, 9.17) is 4.74 Å². The maximum absolute atomic E-state index is 13.1. The molecule has 4 nitrogen and oxygen atoms in total. The molecule has 2 fully saturated rings. The molecule has 0 aliphatic carbocycles. The Bertz CT molecular complexity index is 822. The van der Waals surface area contributed by atoms with Crippen LogP contribution in [0.4, 0.5) is 4.39 Å². The van der Waals surface area contributed by atoms with Crippen molar-refractivity contribution in [2.75, 3.05) is 26.7 Å². The van der Waals surface area contributed by atoms with Crippen molar-refractivity contribution in [2.45, 2.75) is 44.2 Å². The first-order valence-corrected chi connectivity index (χ1v) is 10.6. The minimum atomic E-state index is -0.240. The zero-order chi connectivity index (χ0) is 20.2. The largest absolute Gasteiger partial charge is 0.497 e. The Morgan fingerprint density at radius 2 is 1.72 bits per heavy atom. The molecule has 2 aromatic rings. The normalized spacial score (nSPS) is 23.2. The standard InChI is InChI=1S/C24H29FN2O2/c1-29-22-10-6-20(7-11-22)19-3-2-14-26(15-12-19)23-13-16-27(24(23)28)17-18-4-8-21(25)9-5-18/h4-11,19,23H,2-3,12-17H2,1H3. The summed E-state index contributed by atoms with van der Waals surface area (Å²) in [7, 11) is 1.69. The minimum Gasteiger partial charge on any atom is -0.497 e. The average Bonchev–Trinajstić information content (AvgIpc) is 2.95. The summed E-state index contributed by atoms with van der Waals surface area (Å²) in [6, 6.07) is 14.8. The molecule has 0 N–H and O–H groups in total. The van der Waals surface area contributed by atoms with Gasteiger partial charge in [-0.25, -0.2) is 4.39 Å². The minimum absolute atomic E-state index is 0.00920. The van der Waals surface area contributed by atoms with E-state index in [1.165, 1.54) is 17.7 Å². The molecule has 2 aliphatic heterocycles. The molecule has 0 radical (unpaired) electrons. The highest BCUT2D eigenvalue weighted by atomic mass is 19.1. The fraction of sp³-hybridized carbons (Fsp3) is 0.458. The lowest BCUT2D eigenvalue weighted by Crippen LogP contribution is -2.42. The lowest BCUT2D eigenvalue weighted by atomic mass is 9.92. The molecule has 2 heterocycles. The molecule has 154 valence electrons. The number of methoxy groups -OCH3 is 1. The van der Waals surface area contributed by atoms with Crippen molar-refractivity contribution in [2.24, 2.45) is 0 Å². The zero-order valence-corrected chi connectivity index (χ0v) is 17.0. The van der Waals surface area contributed by atoms with Crippen molar-refractivity contribution in [3.63, 3.8) is 0 Å². The maximum Gasteiger partial charge on any atom is 0.240 e. The van der Waals surface area contributed by atoms with Gasteiger partial charge in [-0.3, -0.25) is 9.69 Å². The predicted molar refractivity (Wildman–Crippen MR) is 111 cm³/mol. The van der Waals surface area contributed by atoms with Gasteiger partial charge >= 0.3 is 0 Å². The summed E-state index contributed by atoms with van der Waals surface area (Å²) in [5.74, 6) is 1.41. The highest BCUT2D eigenvalue weighted by molar-refractivity contribution is 5.84. The molecule has 4 rings (SSSR count). The third-order valence-electron chi connectivity index (χ3n) is 6.35. The van der Waals surface area contributed by atoms with Gasteiger partial charge in [-0.15, -0.1) is 0 Å². The van der Waals surface area contributed by atoms with Crippen LogP contribution in [0, 0.1) is 5.82 Å². The van der Waals surface area contributed by atoms with Crippen molar-refractivity contribution in [1.82, 2.24) is 9.80 Å². The first-order chi connectivity index (χ1) is 14.1. The second-order valence-electron chi connectivity index (χ2n) is 8.13. The summed E-state index contributed by atoms with van der Waals surface area (Å²) in [5.41, 5.74) is 2.35. The molecule has 2 saturated heterocycles. The predicted octanol–water partition coefficient (Wildman–Crippen LogP) is 4.20. The Hall–Kier alpha value is -2.40. The van der Waals surface area contributed by atoms with Crippen molar-refractivity contribution in [1.29, 1.82) is 0 Å². The molecule has 2 atom stereocenters. The third kappa shape index (κ3) is 4.61. The van der Waals surface area contributed by atoms with Crippen LogP contribution in [0.25, 0.3) is 0 Å². The van der Waals surface area contributed by atoms with Crippen molar-refractivity contribution in [3.05, 3.63) is 65.5 Å². The van der Waals surface area contributed by atoms with Gasteiger partial charge < -0.3 is 9.64 Å². The van der Waals surface area contributed by atoms with Crippen LogP contribution in [0.5, 0.6) is 5.75 Å². The molecular weight excluding hydrogens is 367 g/mol. The Labute approximate surface area is 172 Å². The number of nitrogens with zero attached hydrogens (tertiary/aromatic N) is 2. The van der Waals surface area contributed by atoms with Crippen LogP contribution in [-0.4, -0.2) is 48.5 Å². The van der Waals surface area contributed by atoms with Gasteiger partial charge in [0.25, 0.3) is 0 Å². The summed E-state index contributed by atoms with van der Waals surface area (Å²) in [6.45, 7) is 3.28. The SMILES string of the molecule is COc1ccc(C2CCCN(C3CCN(Cc4ccc(F)cc4)C3=O)CC2)cc1. The molecule has 0 bridgehead atoms. The fourth-order valence-electron chi connectivity index (χ4n) is 4.67.